The van der Waals surface area contributed by atoms with E-state index in [0.717, 1.165) is 42.7 Å². The second kappa shape index (κ2) is 6.74. The molecule has 0 saturated carbocycles. The van der Waals surface area contributed by atoms with Gasteiger partial charge in [-0.2, -0.15) is 0 Å². The summed E-state index contributed by atoms with van der Waals surface area (Å²) in [4.78, 5) is 14.6. The van der Waals surface area contributed by atoms with E-state index >= 15 is 0 Å². The molecule has 0 spiro atoms. The zero-order chi connectivity index (χ0) is 12.8. The summed E-state index contributed by atoms with van der Waals surface area (Å²) in [6.45, 7) is 3.23. The number of carbonyl (C=O) groups is 1. The van der Waals surface area contributed by atoms with Gasteiger partial charge in [-0.25, -0.2) is 0 Å². The number of piperazine rings is 1. The predicted octanol–water partition coefficient (Wildman–Crippen LogP) is -0.369. The molecule has 96 valence electrons. The van der Waals surface area contributed by atoms with Gasteiger partial charge in [0.25, 0.3) is 0 Å². The first kappa shape index (κ1) is 13.3. The molecule has 2 rings (SSSR count). The van der Waals surface area contributed by atoms with Gasteiger partial charge in [0.15, 0.2) is 0 Å². The minimum absolute atomic E-state index is 0.764. The Hall–Kier alpha value is -1.09. The summed E-state index contributed by atoms with van der Waals surface area (Å²) in [5, 5.41) is 11.7. The summed E-state index contributed by atoms with van der Waals surface area (Å²) in [5.41, 5.74) is 1.14. The number of anilines is 1. The van der Waals surface area contributed by atoms with Gasteiger partial charge < -0.3 is 0 Å². The van der Waals surface area contributed by atoms with E-state index in [-0.39, 0.29) is 0 Å². The van der Waals surface area contributed by atoms with Gasteiger partial charge in [0.2, 0.25) is 0 Å². The average molecular weight is 311 g/mol. The van der Waals surface area contributed by atoms with E-state index in [2.05, 4.69) is 13.9 Å². The van der Waals surface area contributed by atoms with Gasteiger partial charge in [-0.3, -0.25) is 0 Å². The molecule has 0 unspecified atom stereocenters. The number of rotatable bonds is 5. The molecule has 18 heavy (non-hydrogen) atoms. The third-order valence-corrected chi connectivity index (χ3v) is 4.42. The Balaban J connectivity index is 1.91. The molecule has 7 heteroatoms. The Kier molecular flexibility index (Phi) is 5.00. The van der Waals surface area contributed by atoms with E-state index in [9.17, 15) is 4.79 Å². The first-order chi connectivity index (χ1) is 8.83. The van der Waals surface area contributed by atoms with E-state index in [0.29, 0.717) is 0 Å². The fourth-order valence-electron chi connectivity index (χ4n) is 1.89. The van der Waals surface area contributed by atoms with Crippen LogP contribution in [0, 0.1) is 0 Å². The molecule has 1 aliphatic heterocycles. The minimum atomic E-state index is -0.892. The van der Waals surface area contributed by atoms with Crippen molar-refractivity contribution in [3.63, 3.8) is 0 Å². The zero-order valence-corrected chi connectivity index (χ0v) is 11.9. The molecular weight excluding hydrogens is 297 g/mol. The van der Waals surface area contributed by atoms with Crippen molar-refractivity contribution >= 4 is 32.3 Å². The number of amides is 1. The Morgan fingerprint density at radius 3 is 2.39 bits per heavy atom. The van der Waals surface area contributed by atoms with Gasteiger partial charge in [0.05, 0.1) is 0 Å². The van der Waals surface area contributed by atoms with Crippen molar-refractivity contribution in [2.75, 3.05) is 31.1 Å². The van der Waals surface area contributed by atoms with Gasteiger partial charge in [-0.1, -0.05) is 0 Å². The van der Waals surface area contributed by atoms with E-state index in [1.165, 1.54) is 0 Å². The number of hydrogen-bond acceptors (Lipinski definition) is 5. The maximum absolute atomic E-state index is 10.6. The Bertz CT molecular complexity index is 379. The molecule has 1 N–H and O–H groups in total. The van der Waals surface area contributed by atoms with Crippen LogP contribution in [0.2, 0.25) is 0 Å². The van der Waals surface area contributed by atoms with Crippen LogP contribution in [0.3, 0.4) is 0 Å². The van der Waals surface area contributed by atoms with Crippen molar-refractivity contribution in [3.05, 3.63) is 24.3 Å². The molecule has 1 saturated heterocycles. The summed E-state index contributed by atoms with van der Waals surface area (Å²) < 4.78 is 5.60. The van der Waals surface area contributed by atoms with Gasteiger partial charge >= 0.3 is 112 Å². The summed E-state index contributed by atoms with van der Waals surface area (Å²) >= 11 is -0.892. The second-order valence-electron chi connectivity index (χ2n) is 3.94. The molecule has 1 fully saturated rings. The summed E-state index contributed by atoms with van der Waals surface area (Å²) in [5.74, 6) is 0. The molecule has 6 nitrogen and oxygen atoms in total. The molecule has 1 heterocycles. The van der Waals surface area contributed by atoms with E-state index in [1.54, 1.807) is 4.90 Å². The summed E-state index contributed by atoms with van der Waals surface area (Å²) in [7, 11) is 0. The van der Waals surface area contributed by atoms with Crippen molar-refractivity contribution in [2.45, 2.75) is 0 Å². The quantitative estimate of drug-likeness (QED) is 0.348. The van der Waals surface area contributed by atoms with Gasteiger partial charge in [-0.05, 0) is 0 Å². The zero-order valence-electron chi connectivity index (χ0n) is 9.78. The van der Waals surface area contributed by atoms with Crippen molar-refractivity contribution in [3.8, 4) is 0 Å². The monoisotopic (exact) mass is 312 g/mol. The van der Waals surface area contributed by atoms with Gasteiger partial charge in [0, 0.05) is 0 Å². The topological polar surface area (TPSA) is 62.2 Å². The van der Waals surface area contributed by atoms with Crippen LogP contribution in [-0.2, 0) is 13.7 Å². The van der Waals surface area contributed by atoms with Crippen molar-refractivity contribution in [2.24, 2.45) is 0 Å². The van der Waals surface area contributed by atoms with Crippen LogP contribution in [0.15, 0.2) is 24.3 Å². The molecule has 0 atom stereocenters. The second-order valence-corrected chi connectivity index (χ2v) is 5.92. The van der Waals surface area contributed by atoms with E-state index in [4.69, 9.17) is 5.26 Å². The third kappa shape index (κ3) is 3.45. The van der Waals surface area contributed by atoms with Crippen LogP contribution >= 0.6 is 0 Å². The fourth-order valence-corrected chi connectivity index (χ4v) is 2.81. The molecule has 1 aromatic rings. The van der Waals surface area contributed by atoms with Crippen molar-refractivity contribution < 1.29 is 19.0 Å². The van der Waals surface area contributed by atoms with Crippen LogP contribution < -0.4 is 9.30 Å². The number of hydrogen-bond donors (Lipinski definition) is 1. The summed E-state index contributed by atoms with van der Waals surface area (Å²) in [6, 6.07) is 7.99. The standard InChI is InChI=1S/C11H14GeN2O4/c15-9-13-5-7-14(8-6-13)11-3-1-10(2-4-11)12-17-18-16/h1-4,9,16H,5-8H2. The molecule has 1 aliphatic rings. The third-order valence-electron chi connectivity index (χ3n) is 2.89. The molecular formula is C11H14GeN2O4. The molecule has 1 aromatic carbocycles. The van der Waals surface area contributed by atoms with E-state index < -0.39 is 15.8 Å². The first-order valence-corrected chi connectivity index (χ1v) is 7.51. The van der Waals surface area contributed by atoms with Gasteiger partial charge in [0.1, 0.15) is 0 Å². The molecule has 0 aliphatic carbocycles. The molecule has 0 bridgehead atoms. The van der Waals surface area contributed by atoms with Crippen molar-refractivity contribution in [1.29, 1.82) is 0 Å². The molecule has 1 amide bonds. The normalized spacial score (nSPS) is 15.8. The van der Waals surface area contributed by atoms with Crippen molar-refractivity contribution in [1.82, 2.24) is 4.90 Å². The first-order valence-electron chi connectivity index (χ1n) is 5.61. The van der Waals surface area contributed by atoms with Gasteiger partial charge in [-0.15, -0.1) is 0 Å². The van der Waals surface area contributed by atoms with Crippen LogP contribution in [0.25, 0.3) is 0 Å². The predicted molar refractivity (Wildman–Crippen MR) is 66.5 cm³/mol. The number of benzene rings is 1. The SMILES string of the molecule is O=CN1CCN(c2cc[c]([Ge][O]OO)cc2)CC1. The number of carbonyl (C=O) groups excluding carboxylic acids is 1. The fraction of sp³-hybridized carbons (Fsp3) is 0.364. The van der Waals surface area contributed by atoms with Crippen LogP contribution in [0.5, 0.6) is 0 Å². The molecule has 2 radical (unpaired) electrons. The molecule has 0 aromatic heterocycles. The summed E-state index contributed by atoms with van der Waals surface area (Å²) in [6.07, 6.45) is 0.901. The Labute approximate surface area is 112 Å². The van der Waals surface area contributed by atoms with E-state index in [1.807, 2.05) is 24.3 Å². The number of nitrogens with zero attached hydrogens (tertiary/aromatic N) is 2. The average Bonchev–Trinajstić information content (AvgIpc) is 2.46. The Morgan fingerprint density at radius 1 is 1.17 bits per heavy atom. The van der Waals surface area contributed by atoms with Crippen LogP contribution in [-0.4, -0.2) is 58.5 Å². The Morgan fingerprint density at radius 2 is 1.83 bits per heavy atom. The van der Waals surface area contributed by atoms with Crippen LogP contribution in [0.4, 0.5) is 5.69 Å². The van der Waals surface area contributed by atoms with Crippen LogP contribution in [0.1, 0.15) is 0 Å². The maximum atomic E-state index is 10.6.